The van der Waals surface area contributed by atoms with Gasteiger partial charge in [-0.2, -0.15) is 0 Å². The first-order valence-electron chi connectivity index (χ1n) is 5.23. The van der Waals surface area contributed by atoms with Crippen molar-refractivity contribution in [2.45, 2.75) is 6.10 Å². The molecule has 0 spiro atoms. The molecular formula is C13H17NO3. The molecule has 0 aliphatic rings. The van der Waals surface area contributed by atoms with Crippen LogP contribution in [-0.2, 0) is 9.53 Å². The van der Waals surface area contributed by atoms with Gasteiger partial charge in [0.2, 0.25) is 6.10 Å². The number of carbonyl (C=O) groups excluding carboxylic acids is 1. The van der Waals surface area contributed by atoms with Gasteiger partial charge in [0, 0.05) is 25.8 Å². The van der Waals surface area contributed by atoms with E-state index in [4.69, 9.17) is 4.74 Å². The number of benzene rings is 1. The Hall–Kier alpha value is -1.97. The molecule has 0 saturated carbocycles. The van der Waals surface area contributed by atoms with Crippen LogP contribution in [0.4, 0.5) is 5.69 Å². The van der Waals surface area contributed by atoms with Crippen LogP contribution in [0.15, 0.2) is 36.9 Å². The third-order valence-electron chi connectivity index (χ3n) is 2.24. The smallest absolute Gasteiger partial charge is 0.351 e. The van der Waals surface area contributed by atoms with Crippen LogP contribution in [0.5, 0.6) is 5.75 Å². The van der Waals surface area contributed by atoms with Crippen LogP contribution in [0.25, 0.3) is 0 Å². The number of nitrogens with zero attached hydrogens (tertiary/aromatic N) is 1. The minimum absolute atomic E-state index is 0.463. The highest BCUT2D eigenvalue weighted by Crippen LogP contribution is 2.20. The largest absolute Gasteiger partial charge is 0.475 e. The molecule has 1 rings (SSSR count). The van der Waals surface area contributed by atoms with Gasteiger partial charge in [-0.3, -0.25) is 0 Å². The van der Waals surface area contributed by atoms with Gasteiger partial charge in [-0.1, -0.05) is 12.6 Å². The van der Waals surface area contributed by atoms with E-state index in [1.165, 1.54) is 13.2 Å². The van der Waals surface area contributed by atoms with E-state index < -0.39 is 12.1 Å². The van der Waals surface area contributed by atoms with Crippen molar-refractivity contribution in [1.29, 1.82) is 0 Å². The summed E-state index contributed by atoms with van der Waals surface area (Å²) in [4.78, 5) is 13.3. The molecule has 0 heterocycles. The molecule has 0 fully saturated rings. The van der Waals surface area contributed by atoms with Gasteiger partial charge in [0.1, 0.15) is 5.75 Å². The monoisotopic (exact) mass is 235 g/mol. The van der Waals surface area contributed by atoms with Gasteiger partial charge in [0.15, 0.2) is 0 Å². The first kappa shape index (κ1) is 13.1. The molecule has 0 bridgehead atoms. The normalized spacial score (nSPS) is 11.5. The van der Waals surface area contributed by atoms with Crippen LogP contribution >= 0.6 is 0 Å². The van der Waals surface area contributed by atoms with E-state index in [2.05, 4.69) is 11.3 Å². The van der Waals surface area contributed by atoms with E-state index in [-0.39, 0.29) is 0 Å². The average Bonchev–Trinajstić information content (AvgIpc) is 2.35. The first-order valence-corrected chi connectivity index (χ1v) is 5.23. The van der Waals surface area contributed by atoms with Crippen LogP contribution in [0.3, 0.4) is 0 Å². The highest BCUT2D eigenvalue weighted by atomic mass is 16.6. The molecule has 1 unspecified atom stereocenters. The van der Waals surface area contributed by atoms with Crippen LogP contribution in [0, 0.1) is 0 Å². The number of hydrogen-bond acceptors (Lipinski definition) is 4. The molecule has 0 radical (unpaired) electrons. The third-order valence-corrected chi connectivity index (χ3v) is 2.24. The Morgan fingerprint density at radius 1 is 1.47 bits per heavy atom. The van der Waals surface area contributed by atoms with Crippen molar-refractivity contribution in [1.82, 2.24) is 0 Å². The molecule has 0 aromatic heterocycles. The molecule has 1 aromatic rings. The molecular weight excluding hydrogens is 218 g/mol. The number of ether oxygens (including phenoxy) is 2. The lowest BCUT2D eigenvalue weighted by Gasteiger charge is -2.16. The highest BCUT2D eigenvalue weighted by Gasteiger charge is 2.17. The fourth-order valence-corrected chi connectivity index (χ4v) is 1.29. The zero-order valence-electron chi connectivity index (χ0n) is 10.3. The van der Waals surface area contributed by atoms with Gasteiger partial charge in [0.25, 0.3) is 0 Å². The van der Waals surface area contributed by atoms with Crippen LogP contribution in [0.1, 0.15) is 0 Å². The summed E-state index contributed by atoms with van der Waals surface area (Å²) in [5, 5.41) is 0. The Labute approximate surface area is 101 Å². The average molecular weight is 235 g/mol. The molecule has 0 aliphatic carbocycles. The van der Waals surface area contributed by atoms with Gasteiger partial charge in [0.05, 0.1) is 7.11 Å². The summed E-state index contributed by atoms with van der Waals surface area (Å²) in [6.07, 6.45) is 0.631. The number of esters is 1. The van der Waals surface area contributed by atoms with Crippen LogP contribution in [0.2, 0.25) is 0 Å². The fourth-order valence-electron chi connectivity index (χ4n) is 1.29. The lowest BCUT2D eigenvalue weighted by molar-refractivity contribution is -0.146. The van der Waals surface area contributed by atoms with Gasteiger partial charge in [-0.15, -0.1) is 0 Å². The summed E-state index contributed by atoms with van der Waals surface area (Å²) in [6, 6.07) is 7.45. The summed E-state index contributed by atoms with van der Waals surface area (Å²) in [6.45, 7) is 3.55. The Morgan fingerprint density at radius 3 is 2.71 bits per heavy atom. The fraction of sp³-hybridized carbons (Fsp3) is 0.308. The zero-order chi connectivity index (χ0) is 12.8. The number of methoxy groups -OCH3 is 1. The van der Waals surface area contributed by atoms with Crippen molar-refractivity contribution in [3.05, 3.63) is 36.9 Å². The Morgan fingerprint density at radius 2 is 2.18 bits per heavy atom. The second kappa shape index (κ2) is 5.94. The van der Waals surface area contributed by atoms with E-state index in [0.717, 1.165) is 5.69 Å². The molecule has 1 atom stereocenters. The van der Waals surface area contributed by atoms with Crippen molar-refractivity contribution in [2.75, 3.05) is 26.1 Å². The quantitative estimate of drug-likeness (QED) is 0.577. The number of rotatable bonds is 5. The number of anilines is 1. The summed E-state index contributed by atoms with van der Waals surface area (Å²) in [5.41, 5.74) is 0.996. The van der Waals surface area contributed by atoms with E-state index in [1.807, 2.05) is 37.2 Å². The second-order valence-corrected chi connectivity index (χ2v) is 3.69. The van der Waals surface area contributed by atoms with Crippen molar-refractivity contribution in [3.8, 4) is 5.75 Å². The third kappa shape index (κ3) is 3.52. The maximum atomic E-state index is 11.3. The summed E-state index contributed by atoms with van der Waals surface area (Å²) in [7, 11) is 5.19. The standard InChI is InChI=1S/C13H17NO3/c1-5-12(13(15)16-4)17-11-8-6-7-10(9-11)14(2)3/h5-9,12H,1H2,2-4H3. The minimum Gasteiger partial charge on any atom is -0.475 e. The SMILES string of the molecule is C=CC(Oc1cccc(N(C)C)c1)C(=O)OC. The molecule has 17 heavy (non-hydrogen) atoms. The molecule has 92 valence electrons. The summed E-state index contributed by atoms with van der Waals surface area (Å²) < 4.78 is 10.1. The predicted molar refractivity (Wildman–Crippen MR) is 67.4 cm³/mol. The maximum Gasteiger partial charge on any atom is 0.351 e. The molecule has 0 saturated heterocycles. The maximum absolute atomic E-state index is 11.3. The van der Waals surface area contributed by atoms with Crippen molar-refractivity contribution >= 4 is 11.7 Å². The Bertz CT molecular complexity index is 401. The van der Waals surface area contributed by atoms with Crippen molar-refractivity contribution in [2.24, 2.45) is 0 Å². The number of hydrogen-bond donors (Lipinski definition) is 0. The van der Waals surface area contributed by atoms with Gasteiger partial charge < -0.3 is 14.4 Å². The first-order chi connectivity index (χ1) is 8.08. The van der Waals surface area contributed by atoms with Crippen LogP contribution < -0.4 is 9.64 Å². The van der Waals surface area contributed by atoms with Crippen molar-refractivity contribution in [3.63, 3.8) is 0 Å². The van der Waals surface area contributed by atoms with Gasteiger partial charge in [-0.05, 0) is 18.2 Å². The molecule has 0 amide bonds. The topological polar surface area (TPSA) is 38.8 Å². The molecule has 0 N–H and O–H groups in total. The minimum atomic E-state index is -0.780. The molecule has 1 aromatic carbocycles. The van der Waals surface area contributed by atoms with Crippen LogP contribution in [-0.4, -0.2) is 33.3 Å². The summed E-state index contributed by atoms with van der Waals surface area (Å²) in [5.74, 6) is 0.141. The molecule has 4 nitrogen and oxygen atoms in total. The molecule has 0 aliphatic heterocycles. The van der Waals surface area contributed by atoms with E-state index in [9.17, 15) is 4.79 Å². The molecule has 4 heteroatoms. The highest BCUT2D eigenvalue weighted by molar-refractivity contribution is 5.77. The summed E-state index contributed by atoms with van der Waals surface area (Å²) >= 11 is 0. The van der Waals surface area contributed by atoms with Crippen molar-refractivity contribution < 1.29 is 14.3 Å². The lowest BCUT2D eigenvalue weighted by Crippen LogP contribution is -2.26. The van der Waals surface area contributed by atoms with Gasteiger partial charge in [-0.25, -0.2) is 4.79 Å². The Balaban J connectivity index is 2.83. The zero-order valence-corrected chi connectivity index (χ0v) is 10.3. The Kier molecular flexibility index (Phi) is 4.57. The van der Waals surface area contributed by atoms with E-state index >= 15 is 0 Å². The van der Waals surface area contributed by atoms with E-state index in [0.29, 0.717) is 5.75 Å². The number of carbonyl (C=O) groups is 1. The second-order valence-electron chi connectivity index (χ2n) is 3.69. The van der Waals surface area contributed by atoms with Gasteiger partial charge >= 0.3 is 5.97 Å². The lowest BCUT2D eigenvalue weighted by atomic mass is 10.2. The predicted octanol–water partition coefficient (Wildman–Crippen LogP) is 1.86. The van der Waals surface area contributed by atoms with E-state index in [1.54, 1.807) is 6.07 Å².